The van der Waals surface area contributed by atoms with Gasteiger partial charge in [-0.15, -0.1) is 0 Å². The molecule has 0 spiro atoms. The molecule has 102 valence electrons. The molecule has 0 bridgehead atoms. The van der Waals surface area contributed by atoms with Crippen molar-refractivity contribution in [1.29, 1.82) is 0 Å². The molecule has 0 aromatic heterocycles. The van der Waals surface area contributed by atoms with Crippen molar-refractivity contribution in [3.05, 3.63) is 33.8 Å². The summed E-state index contributed by atoms with van der Waals surface area (Å²) in [5.41, 5.74) is 1.16. The van der Waals surface area contributed by atoms with E-state index in [4.69, 9.17) is 27.9 Å². The molecule has 2 nitrogen and oxygen atoms in total. The van der Waals surface area contributed by atoms with Crippen molar-refractivity contribution in [3.8, 4) is 0 Å². The summed E-state index contributed by atoms with van der Waals surface area (Å²) in [6.07, 6.45) is 0.994. The molecule has 0 amide bonds. The van der Waals surface area contributed by atoms with Crippen LogP contribution in [0.4, 0.5) is 0 Å². The van der Waals surface area contributed by atoms with E-state index in [0.29, 0.717) is 22.7 Å². The molecule has 0 saturated carbocycles. The Morgan fingerprint density at radius 2 is 1.94 bits per heavy atom. The fraction of sp³-hybridized carbons (Fsp3) is 0.571. The van der Waals surface area contributed by atoms with Gasteiger partial charge >= 0.3 is 0 Å². The molecule has 2 atom stereocenters. The zero-order valence-corrected chi connectivity index (χ0v) is 12.7. The van der Waals surface area contributed by atoms with Gasteiger partial charge in [0.15, 0.2) is 0 Å². The third-order valence-corrected chi connectivity index (χ3v) is 3.55. The summed E-state index contributed by atoms with van der Waals surface area (Å²) in [6.45, 7) is 7.73. The maximum Gasteiger partial charge on any atom is 0.0616 e. The van der Waals surface area contributed by atoms with Gasteiger partial charge in [-0.25, -0.2) is 0 Å². The van der Waals surface area contributed by atoms with E-state index in [1.54, 1.807) is 0 Å². The molecule has 0 aliphatic heterocycles. The lowest BCUT2D eigenvalue weighted by molar-refractivity contribution is 0.123. The quantitative estimate of drug-likeness (QED) is 0.800. The Bertz CT molecular complexity index is 371. The van der Waals surface area contributed by atoms with Gasteiger partial charge in [0.2, 0.25) is 0 Å². The van der Waals surface area contributed by atoms with Gasteiger partial charge in [-0.05, 0) is 38.0 Å². The van der Waals surface area contributed by atoms with Gasteiger partial charge in [-0.2, -0.15) is 0 Å². The summed E-state index contributed by atoms with van der Waals surface area (Å²) in [4.78, 5) is 0. The molecule has 0 heterocycles. The third-order valence-electron chi connectivity index (χ3n) is 2.81. The van der Waals surface area contributed by atoms with Crippen LogP contribution >= 0.6 is 23.2 Å². The van der Waals surface area contributed by atoms with Crippen LogP contribution in [-0.4, -0.2) is 19.3 Å². The minimum atomic E-state index is 0.273. The van der Waals surface area contributed by atoms with E-state index >= 15 is 0 Å². The first-order chi connectivity index (χ1) is 8.58. The molecule has 0 fully saturated rings. The Balaban J connectivity index is 2.67. The number of hydrogen-bond acceptors (Lipinski definition) is 2. The molecule has 2 unspecified atom stereocenters. The molecular formula is C14H21Cl2NO. The maximum absolute atomic E-state index is 6.05. The van der Waals surface area contributed by atoms with Gasteiger partial charge < -0.3 is 10.1 Å². The predicted octanol–water partition coefficient (Wildman–Crippen LogP) is 4.46. The van der Waals surface area contributed by atoms with E-state index in [1.807, 2.05) is 25.1 Å². The first-order valence-corrected chi connectivity index (χ1v) is 7.12. The van der Waals surface area contributed by atoms with Crippen molar-refractivity contribution in [3.63, 3.8) is 0 Å². The third kappa shape index (κ3) is 4.77. The number of rotatable bonds is 7. The second-order valence-electron chi connectivity index (χ2n) is 4.36. The molecular weight excluding hydrogens is 269 g/mol. The lowest BCUT2D eigenvalue weighted by atomic mass is 10.0. The highest BCUT2D eigenvalue weighted by Gasteiger charge is 2.13. The van der Waals surface area contributed by atoms with Crippen molar-refractivity contribution in [2.24, 2.45) is 0 Å². The molecule has 1 aromatic carbocycles. The zero-order chi connectivity index (χ0) is 13.5. The van der Waals surface area contributed by atoms with Crippen molar-refractivity contribution in [2.75, 3.05) is 13.2 Å². The lowest BCUT2D eigenvalue weighted by Crippen LogP contribution is -2.33. The Hall–Kier alpha value is -0.280. The second kappa shape index (κ2) is 8.00. The van der Waals surface area contributed by atoms with E-state index in [-0.39, 0.29) is 6.04 Å². The van der Waals surface area contributed by atoms with E-state index in [1.165, 1.54) is 0 Å². The van der Waals surface area contributed by atoms with E-state index in [0.717, 1.165) is 18.6 Å². The summed E-state index contributed by atoms with van der Waals surface area (Å²) in [6, 6.07) is 6.37. The lowest BCUT2D eigenvalue weighted by Gasteiger charge is -2.23. The molecule has 0 radical (unpaired) electrons. The summed E-state index contributed by atoms with van der Waals surface area (Å²) in [7, 11) is 0. The smallest absolute Gasteiger partial charge is 0.0616 e. The monoisotopic (exact) mass is 289 g/mol. The van der Waals surface area contributed by atoms with Gasteiger partial charge in [0, 0.05) is 18.7 Å². The molecule has 1 rings (SSSR count). The summed E-state index contributed by atoms with van der Waals surface area (Å²) in [5.74, 6) is 0. The molecule has 18 heavy (non-hydrogen) atoms. The number of hydrogen-bond donors (Lipinski definition) is 1. The van der Waals surface area contributed by atoms with Gasteiger partial charge in [0.1, 0.15) is 0 Å². The fourth-order valence-electron chi connectivity index (χ4n) is 1.87. The Kier molecular flexibility index (Phi) is 7.02. The predicted molar refractivity (Wildman–Crippen MR) is 78.6 cm³/mol. The minimum absolute atomic E-state index is 0.273. The zero-order valence-electron chi connectivity index (χ0n) is 11.2. The largest absolute Gasteiger partial charge is 0.380 e. The summed E-state index contributed by atoms with van der Waals surface area (Å²) < 4.78 is 5.41. The number of benzene rings is 1. The van der Waals surface area contributed by atoms with E-state index < -0.39 is 0 Å². The Labute approximate surface area is 120 Å². The van der Waals surface area contributed by atoms with Crippen molar-refractivity contribution < 1.29 is 4.74 Å². The van der Waals surface area contributed by atoms with Gasteiger partial charge in [-0.1, -0.05) is 36.2 Å². The van der Waals surface area contributed by atoms with Crippen LogP contribution in [0.25, 0.3) is 0 Å². The second-order valence-corrected chi connectivity index (χ2v) is 5.18. The minimum Gasteiger partial charge on any atom is -0.380 e. The topological polar surface area (TPSA) is 21.3 Å². The van der Waals surface area contributed by atoms with Crippen LogP contribution in [0.5, 0.6) is 0 Å². The summed E-state index contributed by atoms with van der Waals surface area (Å²) in [5, 5.41) is 4.74. The first-order valence-electron chi connectivity index (χ1n) is 6.37. The van der Waals surface area contributed by atoms with Crippen molar-refractivity contribution in [2.45, 2.75) is 39.3 Å². The van der Waals surface area contributed by atoms with E-state index in [2.05, 4.69) is 19.2 Å². The van der Waals surface area contributed by atoms with Crippen molar-refractivity contribution in [1.82, 2.24) is 5.32 Å². The van der Waals surface area contributed by atoms with Gasteiger partial charge in [0.05, 0.1) is 16.7 Å². The number of nitrogens with one attached hydrogen (secondary N) is 1. The SMILES string of the molecule is CCOCC(C)NC(CC)c1ccc(Cl)c(Cl)c1. The van der Waals surface area contributed by atoms with Crippen molar-refractivity contribution >= 4 is 23.2 Å². The van der Waals surface area contributed by atoms with E-state index in [9.17, 15) is 0 Å². The fourth-order valence-corrected chi connectivity index (χ4v) is 2.17. The maximum atomic E-state index is 6.05. The number of halogens is 2. The summed E-state index contributed by atoms with van der Waals surface area (Å²) >= 11 is 12.0. The highest BCUT2D eigenvalue weighted by atomic mass is 35.5. The normalized spacial score (nSPS) is 14.5. The molecule has 0 aliphatic rings. The van der Waals surface area contributed by atoms with Crippen LogP contribution < -0.4 is 5.32 Å². The Morgan fingerprint density at radius 3 is 2.50 bits per heavy atom. The van der Waals surface area contributed by atoms with Gasteiger partial charge in [-0.3, -0.25) is 0 Å². The highest BCUT2D eigenvalue weighted by molar-refractivity contribution is 6.42. The van der Waals surface area contributed by atoms with Crippen LogP contribution in [0.3, 0.4) is 0 Å². The van der Waals surface area contributed by atoms with Crippen LogP contribution in [0.1, 0.15) is 38.8 Å². The van der Waals surface area contributed by atoms with Gasteiger partial charge in [0.25, 0.3) is 0 Å². The van der Waals surface area contributed by atoms with Crippen LogP contribution in [-0.2, 0) is 4.74 Å². The molecule has 0 saturated heterocycles. The van der Waals surface area contributed by atoms with Crippen LogP contribution in [0.2, 0.25) is 10.0 Å². The molecule has 1 aromatic rings. The average Bonchev–Trinajstić information content (AvgIpc) is 2.37. The Morgan fingerprint density at radius 1 is 1.22 bits per heavy atom. The first kappa shape index (κ1) is 15.8. The standard InChI is InChI=1S/C14H21Cl2NO/c1-4-14(17-10(3)9-18-5-2)11-6-7-12(15)13(16)8-11/h6-8,10,14,17H,4-5,9H2,1-3H3. The molecule has 0 aliphatic carbocycles. The number of ether oxygens (including phenoxy) is 1. The van der Waals surface area contributed by atoms with Crippen LogP contribution in [0, 0.1) is 0 Å². The molecule has 4 heteroatoms. The molecule has 1 N–H and O–H groups in total. The van der Waals surface area contributed by atoms with Crippen LogP contribution in [0.15, 0.2) is 18.2 Å². The average molecular weight is 290 g/mol. The highest BCUT2D eigenvalue weighted by Crippen LogP contribution is 2.27.